The van der Waals surface area contributed by atoms with Gasteiger partial charge in [0.1, 0.15) is 5.82 Å². The molecule has 17 heavy (non-hydrogen) atoms. The summed E-state index contributed by atoms with van der Waals surface area (Å²) in [7, 11) is 0. The van der Waals surface area contributed by atoms with E-state index in [1.165, 1.54) is 12.1 Å². The molecule has 0 saturated carbocycles. The third-order valence-corrected chi connectivity index (χ3v) is 3.00. The topological polar surface area (TPSA) is 41.1 Å². The van der Waals surface area contributed by atoms with Crippen LogP contribution in [0.5, 0.6) is 0 Å². The Morgan fingerprint density at radius 1 is 1.47 bits per heavy atom. The predicted molar refractivity (Wildman–Crippen MR) is 69.1 cm³/mol. The Morgan fingerprint density at radius 3 is 2.94 bits per heavy atom. The third kappa shape index (κ3) is 5.28. The largest absolute Gasteiger partial charge is 0.356 e. The number of carbonyl (C=O) groups is 1. The number of nitrogens with one attached hydrogen (secondary N) is 2. The molecule has 2 N–H and O–H groups in total. The van der Waals surface area contributed by atoms with Crippen molar-refractivity contribution in [3.63, 3.8) is 0 Å². The summed E-state index contributed by atoms with van der Waals surface area (Å²) in [5.41, 5.74) is 0.848. The van der Waals surface area contributed by atoms with Crippen LogP contribution in [-0.4, -0.2) is 19.0 Å². The highest BCUT2D eigenvalue weighted by atomic mass is 79.9. The molecule has 0 aliphatic heterocycles. The van der Waals surface area contributed by atoms with Crippen LogP contribution in [0.3, 0.4) is 0 Å². The van der Waals surface area contributed by atoms with Gasteiger partial charge in [-0.1, -0.05) is 15.9 Å². The summed E-state index contributed by atoms with van der Waals surface area (Å²) in [4.78, 5) is 11.2. The van der Waals surface area contributed by atoms with Gasteiger partial charge >= 0.3 is 0 Å². The van der Waals surface area contributed by atoms with Gasteiger partial charge in [-0.25, -0.2) is 4.39 Å². The van der Waals surface area contributed by atoms with Crippen LogP contribution in [0, 0.1) is 5.82 Å². The molecule has 0 aromatic heterocycles. The molecule has 5 heteroatoms. The molecule has 0 spiro atoms. The summed E-state index contributed by atoms with van der Waals surface area (Å²) in [6.07, 6.45) is 0.431. The number of carbonyl (C=O) groups excluding carboxylic acids is 1. The summed E-state index contributed by atoms with van der Waals surface area (Å²) < 4.78 is 13.8. The van der Waals surface area contributed by atoms with E-state index in [1.54, 1.807) is 6.07 Å². The Labute approximate surface area is 109 Å². The molecule has 1 aromatic rings. The van der Waals surface area contributed by atoms with Crippen molar-refractivity contribution >= 4 is 21.8 Å². The zero-order valence-electron chi connectivity index (χ0n) is 9.72. The van der Waals surface area contributed by atoms with Crippen molar-refractivity contribution in [1.82, 2.24) is 10.6 Å². The Hall–Kier alpha value is -0.940. The summed E-state index contributed by atoms with van der Waals surface area (Å²) in [5.74, 6) is -0.230. The van der Waals surface area contributed by atoms with Gasteiger partial charge in [0, 0.05) is 30.5 Å². The minimum atomic E-state index is -0.256. The quantitative estimate of drug-likeness (QED) is 0.791. The van der Waals surface area contributed by atoms with Gasteiger partial charge in [0.2, 0.25) is 5.91 Å². The lowest BCUT2D eigenvalue weighted by Gasteiger charge is -2.07. The van der Waals surface area contributed by atoms with Crippen molar-refractivity contribution < 1.29 is 9.18 Å². The van der Waals surface area contributed by atoms with Crippen molar-refractivity contribution in [2.45, 2.75) is 19.9 Å². The molecule has 1 aromatic carbocycles. The lowest BCUT2D eigenvalue weighted by molar-refractivity contribution is -0.120. The molecule has 0 saturated heterocycles. The maximum absolute atomic E-state index is 13.0. The standard InChI is InChI=1S/C12H16BrFN2O/c1-2-16-12(17)5-6-15-8-9-7-10(14)3-4-11(9)13/h3-4,7,15H,2,5-6,8H2,1H3,(H,16,17). The van der Waals surface area contributed by atoms with Gasteiger partial charge in [0.25, 0.3) is 0 Å². The van der Waals surface area contributed by atoms with Crippen molar-refractivity contribution in [1.29, 1.82) is 0 Å². The minimum Gasteiger partial charge on any atom is -0.356 e. The van der Waals surface area contributed by atoms with Crippen LogP contribution in [0.15, 0.2) is 22.7 Å². The second-order valence-electron chi connectivity index (χ2n) is 3.62. The zero-order valence-corrected chi connectivity index (χ0v) is 11.3. The van der Waals surface area contributed by atoms with Gasteiger partial charge in [-0.3, -0.25) is 4.79 Å². The Morgan fingerprint density at radius 2 is 2.24 bits per heavy atom. The number of halogens is 2. The summed E-state index contributed by atoms with van der Waals surface area (Å²) in [5, 5.41) is 5.82. The molecule has 0 heterocycles. The van der Waals surface area contributed by atoms with E-state index in [2.05, 4.69) is 26.6 Å². The van der Waals surface area contributed by atoms with Crippen LogP contribution in [0.2, 0.25) is 0 Å². The number of hydrogen-bond acceptors (Lipinski definition) is 2. The van der Waals surface area contributed by atoms with Crippen LogP contribution in [0.1, 0.15) is 18.9 Å². The molecule has 0 aliphatic carbocycles. The highest BCUT2D eigenvalue weighted by molar-refractivity contribution is 9.10. The molecule has 0 unspecified atom stereocenters. The fourth-order valence-corrected chi connectivity index (χ4v) is 1.78. The second kappa shape index (κ2) is 7.40. The Bertz CT molecular complexity index is 385. The van der Waals surface area contributed by atoms with Gasteiger partial charge in [-0.05, 0) is 30.7 Å². The molecule has 0 aliphatic rings. The molecular weight excluding hydrogens is 287 g/mol. The summed E-state index contributed by atoms with van der Waals surface area (Å²) >= 11 is 3.35. The first kappa shape index (κ1) is 14.1. The van der Waals surface area contributed by atoms with Crippen molar-refractivity contribution in [2.24, 2.45) is 0 Å². The average Bonchev–Trinajstić information content (AvgIpc) is 2.29. The second-order valence-corrected chi connectivity index (χ2v) is 4.47. The first-order valence-electron chi connectivity index (χ1n) is 5.54. The van der Waals surface area contributed by atoms with E-state index in [1.807, 2.05) is 6.92 Å². The van der Waals surface area contributed by atoms with Crippen molar-refractivity contribution in [3.05, 3.63) is 34.1 Å². The number of amides is 1. The van der Waals surface area contributed by atoms with E-state index in [9.17, 15) is 9.18 Å². The lowest BCUT2D eigenvalue weighted by atomic mass is 10.2. The SMILES string of the molecule is CCNC(=O)CCNCc1cc(F)ccc1Br. The van der Waals surface area contributed by atoms with E-state index >= 15 is 0 Å². The zero-order chi connectivity index (χ0) is 12.7. The molecule has 0 atom stereocenters. The molecule has 0 radical (unpaired) electrons. The summed E-state index contributed by atoms with van der Waals surface area (Å²) in [6.45, 7) is 3.65. The number of hydrogen-bond donors (Lipinski definition) is 2. The van der Waals surface area contributed by atoms with Crippen LogP contribution in [0.4, 0.5) is 4.39 Å². The summed E-state index contributed by atoms with van der Waals surface area (Å²) in [6, 6.07) is 4.56. The smallest absolute Gasteiger partial charge is 0.221 e. The van der Waals surface area contributed by atoms with Crippen molar-refractivity contribution in [2.75, 3.05) is 13.1 Å². The van der Waals surface area contributed by atoms with Crippen LogP contribution < -0.4 is 10.6 Å². The van der Waals surface area contributed by atoms with E-state index in [0.717, 1.165) is 10.0 Å². The maximum Gasteiger partial charge on any atom is 0.221 e. The lowest BCUT2D eigenvalue weighted by Crippen LogP contribution is -2.27. The minimum absolute atomic E-state index is 0.0262. The third-order valence-electron chi connectivity index (χ3n) is 2.23. The number of benzene rings is 1. The van der Waals surface area contributed by atoms with Crippen LogP contribution in [-0.2, 0) is 11.3 Å². The molecule has 0 bridgehead atoms. The first-order valence-corrected chi connectivity index (χ1v) is 6.34. The Kier molecular flexibility index (Phi) is 6.15. The van der Waals surface area contributed by atoms with E-state index in [-0.39, 0.29) is 11.7 Å². The van der Waals surface area contributed by atoms with Crippen LogP contribution in [0.25, 0.3) is 0 Å². The van der Waals surface area contributed by atoms with E-state index in [4.69, 9.17) is 0 Å². The molecular formula is C12H16BrFN2O. The van der Waals surface area contributed by atoms with Crippen molar-refractivity contribution in [3.8, 4) is 0 Å². The molecule has 3 nitrogen and oxygen atoms in total. The van der Waals surface area contributed by atoms with Gasteiger partial charge in [0.05, 0.1) is 0 Å². The van der Waals surface area contributed by atoms with Gasteiger partial charge in [-0.2, -0.15) is 0 Å². The monoisotopic (exact) mass is 302 g/mol. The average molecular weight is 303 g/mol. The van der Waals surface area contributed by atoms with Gasteiger partial charge in [-0.15, -0.1) is 0 Å². The normalized spacial score (nSPS) is 10.3. The maximum atomic E-state index is 13.0. The molecule has 0 fully saturated rings. The fourth-order valence-electron chi connectivity index (χ4n) is 1.39. The van der Waals surface area contributed by atoms with Crippen LogP contribution >= 0.6 is 15.9 Å². The molecule has 94 valence electrons. The van der Waals surface area contributed by atoms with E-state index in [0.29, 0.717) is 26.1 Å². The number of rotatable bonds is 6. The first-order chi connectivity index (χ1) is 8.13. The van der Waals surface area contributed by atoms with E-state index < -0.39 is 0 Å². The highest BCUT2D eigenvalue weighted by Gasteiger charge is 2.02. The van der Waals surface area contributed by atoms with Gasteiger partial charge < -0.3 is 10.6 Å². The molecule has 1 amide bonds. The highest BCUT2D eigenvalue weighted by Crippen LogP contribution is 2.17. The van der Waals surface area contributed by atoms with Gasteiger partial charge in [0.15, 0.2) is 0 Å². The Balaban J connectivity index is 2.31. The predicted octanol–water partition coefficient (Wildman–Crippen LogP) is 2.20. The fraction of sp³-hybridized carbons (Fsp3) is 0.417. The molecule has 1 rings (SSSR count).